The Hall–Kier alpha value is -0.860. The molecule has 0 spiro atoms. The maximum Gasteiger partial charge on any atom is 0.0961 e. The lowest BCUT2D eigenvalue weighted by molar-refractivity contribution is -0.128. The average molecular weight is 248 g/mol. The second-order valence-corrected chi connectivity index (χ2v) is 6.57. The summed E-state index contributed by atoms with van der Waals surface area (Å²) in [5, 5.41) is 10.9. The molecule has 1 aliphatic heterocycles. The first kappa shape index (κ1) is 13.6. The van der Waals surface area contributed by atoms with E-state index in [9.17, 15) is 5.11 Å². The number of hydrogen-bond donors (Lipinski definition) is 1. The molecule has 100 valence electrons. The summed E-state index contributed by atoms with van der Waals surface area (Å²) in [5.74, 6) is 0. The molecule has 0 saturated carbocycles. The van der Waals surface area contributed by atoms with Crippen molar-refractivity contribution in [3.63, 3.8) is 0 Å². The van der Waals surface area contributed by atoms with Gasteiger partial charge in [-0.1, -0.05) is 30.3 Å². The van der Waals surface area contributed by atoms with E-state index in [1.54, 1.807) is 0 Å². The third-order valence-corrected chi connectivity index (χ3v) is 4.04. The Morgan fingerprint density at radius 2 is 1.72 bits per heavy atom. The summed E-state index contributed by atoms with van der Waals surface area (Å²) >= 11 is 0. The van der Waals surface area contributed by atoms with E-state index >= 15 is 0 Å². The first-order valence-electron chi connectivity index (χ1n) is 6.71. The van der Waals surface area contributed by atoms with Crippen molar-refractivity contribution < 1.29 is 9.84 Å². The first-order chi connectivity index (χ1) is 8.24. The molecule has 18 heavy (non-hydrogen) atoms. The van der Waals surface area contributed by atoms with Crippen LogP contribution in [0.2, 0.25) is 0 Å². The minimum atomic E-state index is -0.744. The standard InChI is InChI=1S/C16H24O2/c1-14(2)12-16(17,15(3,4)18-14)11-10-13-8-6-5-7-9-13/h5-9,17H,10-12H2,1-4H3. The average Bonchev–Trinajstić information content (AvgIpc) is 2.42. The van der Waals surface area contributed by atoms with Crippen LogP contribution in [0.15, 0.2) is 30.3 Å². The van der Waals surface area contributed by atoms with Gasteiger partial charge >= 0.3 is 0 Å². The zero-order chi connectivity index (χ0) is 13.4. The molecule has 1 N–H and O–H groups in total. The van der Waals surface area contributed by atoms with Gasteiger partial charge in [0.25, 0.3) is 0 Å². The highest BCUT2D eigenvalue weighted by Gasteiger charge is 2.55. The lowest BCUT2D eigenvalue weighted by atomic mass is 9.78. The number of aliphatic hydroxyl groups is 1. The summed E-state index contributed by atoms with van der Waals surface area (Å²) in [7, 11) is 0. The molecule has 1 unspecified atom stereocenters. The largest absolute Gasteiger partial charge is 0.387 e. The number of rotatable bonds is 3. The van der Waals surface area contributed by atoms with E-state index in [4.69, 9.17) is 4.74 Å². The fraction of sp³-hybridized carbons (Fsp3) is 0.625. The molecule has 1 aliphatic rings. The fourth-order valence-electron chi connectivity index (χ4n) is 3.12. The van der Waals surface area contributed by atoms with E-state index in [2.05, 4.69) is 26.0 Å². The van der Waals surface area contributed by atoms with Crippen LogP contribution in [-0.4, -0.2) is 21.9 Å². The Labute approximate surface area is 110 Å². The molecule has 1 saturated heterocycles. The van der Waals surface area contributed by atoms with Crippen molar-refractivity contribution in [2.45, 2.75) is 63.8 Å². The second-order valence-electron chi connectivity index (χ2n) is 6.57. The van der Waals surface area contributed by atoms with Crippen LogP contribution < -0.4 is 0 Å². The lowest BCUT2D eigenvalue weighted by Gasteiger charge is -2.35. The van der Waals surface area contributed by atoms with Gasteiger partial charge in [-0.3, -0.25) is 0 Å². The van der Waals surface area contributed by atoms with Crippen molar-refractivity contribution >= 4 is 0 Å². The van der Waals surface area contributed by atoms with Gasteiger partial charge in [0.2, 0.25) is 0 Å². The fourth-order valence-corrected chi connectivity index (χ4v) is 3.12. The van der Waals surface area contributed by atoms with Crippen molar-refractivity contribution in [1.29, 1.82) is 0 Å². The summed E-state index contributed by atoms with van der Waals surface area (Å²) < 4.78 is 5.99. The van der Waals surface area contributed by atoms with Gasteiger partial charge in [0, 0.05) is 6.42 Å². The summed E-state index contributed by atoms with van der Waals surface area (Å²) in [5.41, 5.74) is -0.196. The van der Waals surface area contributed by atoms with Gasteiger partial charge in [0.15, 0.2) is 0 Å². The third-order valence-electron chi connectivity index (χ3n) is 4.04. The molecule has 1 aromatic rings. The minimum Gasteiger partial charge on any atom is -0.387 e. The highest BCUT2D eigenvalue weighted by Crippen LogP contribution is 2.47. The normalized spacial score (nSPS) is 29.4. The van der Waals surface area contributed by atoms with Crippen LogP contribution in [-0.2, 0) is 11.2 Å². The van der Waals surface area contributed by atoms with Crippen LogP contribution in [0, 0.1) is 0 Å². The van der Waals surface area contributed by atoms with Crippen LogP contribution in [0.4, 0.5) is 0 Å². The highest BCUT2D eigenvalue weighted by molar-refractivity contribution is 5.16. The van der Waals surface area contributed by atoms with Gasteiger partial charge in [0.1, 0.15) is 0 Å². The molecule has 2 rings (SSSR count). The quantitative estimate of drug-likeness (QED) is 0.889. The van der Waals surface area contributed by atoms with Crippen LogP contribution in [0.25, 0.3) is 0 Å². The van der Waals surface area contributed by atoms with Crippen molar-refractivity contribution in [3.8, 4) is 0 Å². The first-order valence-corrected chi connectivity index (χ1v) is 6.71. The van der Waals surface area contributed by atoms with Gasteiger partial charge in [-0.2, -0.15) is 0 Å². The Morgan fingerprint density at radius 1 is 1.11 bits per heavy atom. The van der Waals surface area contributed by atoms with E-state index in [-0.39, 0.29) is 5.60 Å². The van der Waals surface area contributed by atoms with Crippen LogP contribution in [0.3, 0.4) is 0 Å². The number of hydrogen-bond acceptors (Lipinski definition) is 2. The van der Waals surface area contributed by atoms with Gasteiger partial charge in [0.05, 0.1) is 16.8 Å². The van der Waals surface area contributed by atoms with Crippen LogP contribution in [0.1, 0.15) is 46.1 Å². The maximum absolute atomic E-state index is 10.9. The Balaban J connectivity index is 2.08. The number of aryl methyl sites for hydroxylation is 1. The lowest BCUT2D eigenvalue weighted by Crippen LogP contribution is -2.46. The predicted molar refractivity (Wildman–Crippen MR) is 73.6 cm³/mol. The summed E-state index contributed by atoms with van der Waals surface area (Å²) in [4.78, 5) is 0. The molecular weight excluding hydrogens is 224 g/mol. The zero-order valence-corrected chi connectivity index (χ0v) is 11.9. The zero-order valence-electron chi connectivity index (χ0n) is 11.9. The monoisotopic (exact) mass is 248 g/mol. The summed E-state index contributed by atoms with van der Waals surface area (Å²) in [6.07, 6.45) is 2.33. The van der Waals surface area contributed by atoms with E-state index in [0.29, 0.717) is 6.42 Å². The Bertz CT molecular complexity index is 408. The predicted octanol–water partition coefficient (Wildman–Crippen LogP) is 3.33. The van der Waals surface area contributed by atoms with Gasteiger partial charge in [-0.05, 0) is 46.1 Å². The molecule has 0 aliphatic carbocycles. The van der Waals surface area contributed by atoms with E-state index in [1.807, 2.05) is 32.0 Å². The molecule has 1 atom stereocenters. The third kappa shape index (κ3) is 2.60. The van der Waals surface area contributed by atoms with Crippen LogP contribution in [0.5, 0.6) is 0 Å². The van der Waals surface area contributed by atoms with E-state index in [1.165, 1.54) is 5.56 Å². The van der Waals surface area contributed by atoms with E-state index in [0.717, 1.165) is 12.8 Å². The molecule has 1 fully saturated rings. The molecule has 1 heterocycles. The number of benzene rings is 1. The van der Waals surface area contributed by atoms with E-state index < -0.39 is 11.2 Å². The summed E-state index contributed by atoms with van der Waals surface area (Å²) in [6.45, 7) is 8.09. The Morgan fingerprint density at radius 3 is 2.22 bits per heavy atom. The SMILES string of the molecule is CC1(C)CC(O)(CCc2ccccc2)C(C)(C)O1. The smallest absolute Gasteiger partial charge is 0.0961 e. The molecule has 0 amide bonds. The molecule has 2 nitrogen and oxygen atoms in total. The number of ether oxygens (including phenoxy) is 1. The molecule has 0 radical (unpaired) electrons. The highest BCUT2D eigenvalue weighted by atomic mass is 16.5. The maximum atomic E-state index is 10.9. The van der Waals surface area contributed by atoms with Crippen molar-refractivity contribution in [2.75, 3.05) is 0 Å². The van der Waals surface area contributed by atoms with Crippen molar-refractivity contribution in [1.82, 2.24) is 0 Å². The summed E-state index contributed by atoms with van der Waals surface area (Å²) in [6, 6.07) is 10.3. The molecule has 0 bridgehead atoms. The van der Waals surface area contributed by atoms with Crippen molar-refractivity contribution in [3.05, 3.63) is 35.9 Å². The van der Waals surface area contributed by atoms with Gasteiger partial charge < -0.3 is 9.84 Å². The second kappa shape index (κ2) is 4.36. The molecule has 0 aromatic heterocycles. The topological polar surface area (TPSA) is 29.5 Å². The molecule has 1 aromatic carbocycles. The van der Waals surface area contributed by atoms with Gasteiger partial charge in [-0.15, -0.1) is 0 Å². The molecule has 2 heteroatoms. The van der Waals surface area contributed by atoms with Crippen LogP contribution >= 0.6 is 0 Å². The minimum absolute atomic E-state index is 0.241. The van der Waals surface area contributed by atoms with Crippen molar-refractivity contribution in [2.24, 2.45) is 0 Å². The van der Waals surface area contributed by atoms with Gasteiger partial charge in [-0.25, -0.2) is 0 Å². The molecular formula is C16H24O2. The Kier molecular flexibility index (Phi) is 3.28.